The highest BCUT2D eigenvalue weighted by Gasteiger charge is 2.29. The molecule has 0 radical (unpaired) electrons. The minimum Gasteiger partial charge on any atom is -0.323 e. The smallest absolute Gasteiger partial charge is 0.248 e. The van der Waals surface area contributed by atoms with E-state index in [-0.39, 0.29) is 11.9 Å². The van der Waals surface area contributed by atoms with Gasteiger partial charge < -0.3 is 5.32 Å². The SMILES string of the molecule is Cc1nn(Cc2ccccc2)c(C)c1[C@@H]1C=C(c2ccc(F)cc2)Nc2nnnn21. The summed E-state index contributed by atoms with van der Waals surface area (Å²) in [4.78, 5) is 0. The van der Waals surface area contributed by atoms with Gasteiger partial charge in [0, 0.05) is 17.0 Å². The summed E-state index contributed by atoms with van der Waals surface area (Å²) >= 11 is 0. The molecule has 5 rings (SSSR count). The van der Waals surface area contributed by atoms with Crippen molar-refractivity contribution in [3.05, 3.63) is 94.6 Å². The number of rotatable bonds is 4. The fourth-order valence-corrected chi connectivity index (χ4v) is 3.91. The number of halogens is 1. The van der Waals surface area contributed by atoms with Crippen LogP contribution in [0.4, 0.5) is 10.3 Å². The molecule has 0 aliphatic carbocycles. The molecular weight excluding hydrogens is 381 g/mol. The van der Waals surface area contributed by atoms with Crippen LogP contribution in [0.25, 0.3) is 5.70 Å². The number of aromatic nitrogens is 6. The first-order chi connectivity index (χ1) is 14.6. The monoisotopic (exact) mass is 401 g/mol. The van der Waals surface area contributed by atoms with E-state index in [0.717, 1.165) is 28.2 Å². The van der Waals surface area contributed by atoms with E-state index in [0.29, 0.717) is 12.5 Å². The molecule has 1 atom stereocenters. The maximum atomic E-state index is 13.4. The lowest BCUT2D eigenvalue weighted by atomic mass is 10.00. The number of benzene rings is 2. The molecule has 0 saturated carbocycles. The zero-order valence-electron chi connectivity index (χ0n) is 16.6. The summed E-state index contributed by atoms with van der Waals surface area (Å²) < 4.78 is 17.1. The summed E-state index contributed by atoms with van der Waals surface area (Å²) in [5, 5.41) is 20.1. The van der Waals surface area contributed by atoms with Gasteiger partial charge in [-0.1, -0.05) is 35.4 Å². The Morgan fingerprint density at radius 3 is 2.57 bits per heavy atom. The van der Waals surface area contributed by atoms with E-state index < -0.39 is 0 Å². The average molecular weight is 401 g/mol. The Balaban J connectivity index is 1.58. The molecule has 8 heteroatoms. The molecule has 1 aliphatic rings. The third-order valence-electron chi connectivity index (χ3n) is 5.39. The molecule has 0 unspecified atom stereocenters. The molecule has 30 heavy (non-hydrogen) atoms. The van der Waals surface area contributed by atoms with E-state index in [1.54, 1.807) is 16.8 Å². The van der Waals surface area contributed by atoms with Crippen molar-refractivity contribution in [1.82, 2.24) is 30.0 Å². The van der Waals surface area contributed by atoms with Gasteiger partial charge in [-0.05, 0) is 65.7 Å². The summed E-state index contributed by atoms with van der Waals surface area (Å²) in [6.07, 6.45) is 2.06. The van der Waals surface area contributed by atoms with Gasteiger partial charge in [0.15, 0.2) is 0 Å². The van der Waals surface area contributed by atoms with Crippen LogP contribution in [0.3, 0.4) is 0 Å². The number of nitrogens with zero attached hydrogens (tertiary/aromatic N) is 6. The summed E-state index contributed by atoms with van der Waals surface area (Å²) in [7, 11) is 0. The van der Waals surface area contributed by atoms with Gasteiger partial charge in [0.2, 0.25) is 5.95 Å². The second-order valence-corrected chi connectivity index (χ2v) is 7.33. The van der Waals surface area contributed by atoms with Gasteiger partial charge >= 0.3 is 0 Å². The second kappa shape index (κ2) is 7.22. The summed E-state index contributed by atoms with van der Waals surface area (Å²) in [6.45, 7) is 4.76. The molecule has 1 N–H and O–H groups in total. The van der Waals surface area contributed by atoms with Crippen molar-refractivity contribution in [2.45, 2.75) is 26.4 Å². The predicted octanol–water partition coefficient (Wildman–Crippen LogP) is 3.73. The molecule has 0 spiro atoms. The third kappa shape index (κ3) is 3.16. The van der Waals surface area contributed by atoms with Gasteiger partial charge in [-0.25, -0.2) is 4.39 Å². The van der Waals surface area contributed by atoms with Gasteiger partial charge in [0.25, 0.3) is 0 Å². The molecule has 7 nitrogen and oxygen atoms in total. The van der Waals surface area contributed by atoms with Crippen LogP contribution < -0.4 is 5.32 Å². The Kier molecular flexibility index (Phi) is 4.39. The molecule has 0 bridgehead atoms. The van der Waals surface area contributed by atoms with Crippen molar-refractivity contribution in [2.75, 3.05) is 5.32 Å². The lowest BCUT2D eigenvalue weighted by Gasteiger charge is -2.23. The zero-order chi connectivity index (χ0) is 20.7. The van der Waals surface area contributed by atoms with Crippen LogP contribution in [0.5, 0.6) is 0 Å². The Bertz CT molecular complexity index is 1220. The first-order valence-electron chi connectivity index (χ1n) is 9.70. The summed E-state index contributed by atoms with van der Waals surface area (Å²) in [6, 6.07) is 16.4. The fourth-order valence-electron chi connectivity index (χ4n) is 3.91. The number of fused-ring (bicyclic) bond motifs is 1. The minimum absolute atomic E-state index is 0.221. The zero-order valence-corrected chi connectivity index (χ0v) is 16.6. The molecule has 0 fully saturated rings. The number of anilines is 1. The number of aryl methyl sites for hydroxylation is 1. The van der Waals surface area contributed by atoms with Gasteiger partial charge in [-0.2, -0.15) is 9.78 Å². The highest BCUT2D eigenvalue weighted by Crippen LogP contribution is 2.34. The van der Waals surface area contributed by atoms with E-state index in [1.165, 1.54) is 17.7 Å². The molecule has 3 heterocycles. The van der Waals surface area contributed by atoms with E-state index >= 15 is 0 Å². The largest absolute Gasteiger partial charge is 0.323 e. The quantitative estimate of drug-likeness (QED) is 0.564. The standard InChI is InChI=1S/C22H20FN7/c1-14-21(15(2)29(26-14)13-16-6-4-3-5-7-16)20-12-19(17-8-10-18(23)11-9-17)24-22-25-27-28-30(20)22/h3-12,20H,13H2,1-2H3,(H,24,25,28)/t20-/m0/s1. The van der Waals surface area contributed by atoms with Crippen LogP contribution in [-0.4, -0.2) is 30.0 Å². The topological polar surface area (TPSA) is 73.5 Å². The molecule has 0 amide bonds. The lowest BCUT2D eigenvalue weighted by Crippen LogP contribution is -2.21. The Morgan fingerprint density at radius 1 is 1.03 bits per heavy atom. The second-order valence-electron chi connectivity index (χ2n) is 7.33. The first kappa shape index (κ1) is 18.2. The predicted molar refractivity (Wildman–Crippen MR) is 111 cm³/mol. The van der Waals surface area contributed by atoms with E-state index in [4.69, 9.17) is 5.10 Å². The number of tetrazole rings is 1. The van der Waals surface area contributed by atoms with Gasteiger partial charge in [0.1, 0.15) is 11.9 Å². The number of hydrogen-bond acceptors (Lipinski definition) is 5. The molecule has 0 saturated heterocycles. The van der Waals surface area contributed by atoms with Crippen LogP contribution in [0, 0.1) is 19.7 Å². The molecule has 2 aromatic carbocycles. The fraction of sp³-hybridized carbons (Fsp3) is 0.182. The Hall–Kier alpha value is -3.81. The van der Waals surface area contributed by atoms with Crippen molar-refractivity contribution >= 4 is 11.6 Å². The van der Waals surface area contributed by atoms with E-state index in [1.807, 2.05) is 29.8 Å². The average Bonchev–Trinajstić information content (AvgIpc) is 3.33. The van der Waals surface area contributed by atoms with Crippen molar-refractivity contribution in [3.8, 4) is 0 Å². The van der Waals surface area contributed by atoms with Crippen LogP contribution in [-0.2, 0) is 6.54 Å². The summed E-state index contributed by atoms with van der Waals surface area (Å²) in [5.74, 6) is 0.266. The highest BCUT2D eigenvalue weighted by molar-refractivity contribution is 5.77. The van der Waals surface area contributed by atoms with Crippen LogP contribution in [0.15, 0.2) is 60.7 Å². The van der Waals surface area contributed by atoms with Crippen LogP contribution >= 0.6 is 0 Å². The van der Waals surface area contributed by atoms with Gasteiger partial charge in [0.05, 0.1) is 12.2 Å². The van der Waals surface area contributed by atoms with Crippen LogP contribution in [0.1, 0.15) is 34.1 Å². The molecular formula is C22H20FN7. The van der Waals surface area contributed by atoms with Crippen molar-refractivity contribution in [2.24, 2.45) is 0 Å². The highest BCUT2D eigenvalue weighted by atomic mass is 19.1. The van der Waals surface area contributed by atoms with Gasteiger partial charge in [-0.15, -0.1) is 0 Å². The summed E-state index contributed by atoms with van der Waals surface area (Å²) in [5.41, 5.74) is 5.91. The first-order valence-corrected chi connectivity index (χ1v) is 9.70. The number of allylic oxidation sites excluding steroid dienone is 1. The normalized spacial score (nSPS) is 15.4. The molecule has 4 aromatic rings. The van der Waals surface area contributed by atoms with Crippen molar-refractivity contribution in [3.63, 3.8) is 0 Å². The molecule has 2 aromatic heterocycles. The minimum atomic E-state index is -0.273. The van der Waals surface area contributed by atoms with Crippen LogP contribution in [0.2, 0.25) is 0 Å². The molecule has 150 valence electrons. The maximum Gasteiger partial charge on any atom is 0.248 e. The van der Waals surface area contributed by atoms with E-state index in [9.17, 15) is 4.39 Å². The van der Waals surface area contributed by atoms with Crippen molar-refractivity contribution < 1.29 is 4.39 Å². The maximum absolute atomic E-state index is 13.4. The van der Waals surface area contributed by atoms with Gasteiger partial charge in [-0.3, -0.25) is 4.68 Å². The Morgan fingerprint density at radius 2 is 1.80 bits per heavy atom. The third-order valence-corrected chi connectivity index (χ3v) is 5.39. The van der Waals surface area contributed by atoms with E-state index in [2.05, 4.69) is 46.0 Å². The lowest BCUT2D eigenvalue weighted by molar-refractivity contribution is 0.579. The number of hydrogen-bond donors (Lipinski definition) is 1. The molecule has 1 aliphatic heterocycles. The Labute approximate surface area is 172 Å². The number of nitrogens with one attached hydrogen (secondary N) is 1. The van der Waals surface area contributed by atoms with Crippen molar-refractivity contribution in [1.29, 1.82) is 0 Å².